The van der Waals surface area contributed by atoms with E-state index in [2.05, 4.69) is 5.32 Å². The highest BCUT2D eigenvalue weighted by Gasteiger charge is 2.21. The molecule has 27 heavy (non-hydrogen) atoms. The van der Waals surface area contributed by atoms with E-state index in [1.807, 2.05) is 19.1 Å². The van der Waals surface area contributed by atoms with Gasteiger partial charge in [0.1, 0.15) is 0 Å². The van der Waals surface area contributed by atoms with E-state index in [1.165, 1.54) is 28.2 Å². The second-order valence-corrected chi connectivity index (χ2v) is 9.61. The van der Waals surface area contributed by atoms with Crippen LogP contribution in [0.3, 0.4) is 0 Å². The van der Waals surface area contributed by atoms with Gasteiger partial charge in [0.05, 0.1) is 10.1 Å². The van der Waals surface area contributed by atoms with Crippen molar-refractivity contribution < 1.29 is 13.2 Å². The normalized spacial score (nSPS) is 12.8. The lowest BCUT2D eigenvalue weighted by molar-refractivity contribution is -0.115. The average molecular weight is 427 g/mol. The van der Waals surface area contributed by atoms with Crippen molar-refractivity contribution in [2.45, 2.75) is 35.8 Å². The van der Waals surface area contributed by atoms with E-state index < -0.39 is 10.0 Å². The number of amides is 1. The van der Waals surface area contributed by atoms with Crippen molar-refractivity contribution in [2.24, 2.45) is 0 Å². The van der Waals surface area contributed by atoms with Crippen LogP contribution in [0.4, 0.5) is 5.69 Å². The maximum absolute atomic E-state index is 12.5. The summed E-state index contributed by atoms with van der Waals surface area (Å²) in [5.41, 5.74) is 0.557. The summed E-state index contributed by atoms with van der Waals surface area (Å²) in [4.78, 5) is 13.5. The molecule has 1 atom stereocenters. The largest absolute Gasteiger partial charge is 0.325 e. The molecule has 146 valence electrons. The standard InChI is InChI=1S/C19H23ClN2O3S2/c1-4-22(5-2)27(24,25)18-12-8-16(9-13-18)21-19(23)14(3)26-17-10-6-15(20)7-11-17/h6-14H,4-5H2,1-3H3,(H,21,23)/t14-/m1/s1. The van der Waals surface area contributed by atoms with Crippen LogP contribution < -0.4 is 5.32 Å². The third kappa shape index (κ3) is 5.72. The van der Waals surface area contributed by atoms with E-state index in [4.69, 9.17) is 11.6 Å². The highest BCUT2D eigenvalue weighted by atomic mass is 35.5. The van der Waals surface area contributed by atoms with E-state index >= 15 is 0 Å². The molecule has 0 aliphatic rings. The van der Waals surface area contributed by atoms with Crippen molar-refractivity contribution in [2.75, 3.05) is 18.4 Å². The number of rotatable bonds is 8. The van der Waals surface area contributed by atoms with Gasteiger partial charge in [0.2, 0.25) is 15.9 Å². The number of nitrogens with one attached hydrogen (secondary N) is 1. The molecule has 1 amide bonds. The predicted octanol–water partition coefficient (Wildman–Crippen LogP) is 4.49. The van der Waals surface area contributed by atoms with Crippen LogP contribution in [-0.4, -0.2) is 37.0 Å². The SMILES string of the molecule is CCN(CC)S(=O)(=O)c1ccc(NC(=O)[C@@H](C)Sc2ccc(Cl)cc2)cc1. The van der Waals surface area contributed by atoms with E-state index in [-0.39, 0.29) is 16.1 Å². The van der Waals surface area contributed by atoms with Crippen LogP contribution in [0.2, 0.25) is 5.02 Å². The maximum atomic E-state index is 12.5. The molecule has 2 aromatic rings. The summed E-state index contributed by atoms with van der Waals surface area (Å²) < 4.78 is 26.4. The van der Waals surface area contributed by atoms with Gasteiger partial charge in [-0.1, -0.05) is 25.4 Å². The van der Waals surface area contributed by atoms with Gasteiger partial charge in [0.15, 0.2) is 0 Å². The van der Waals surface area contributed by atoms with Gasteiger partial charge in [-0.3, -0.25) is 4.79 Å². The Labute approximate surface area is 170 Å². The summed E-state index contributed by atoms with van der Waals surface area (Å²) in [5.74, 6) is -0.158. The van der Waals surface area contributed by atoms with Gasteiger partial charge in [-0.15, -0.1) is 11.8 Å². The minimum Gasteiger partial charge on any atom is -0.325 e. The summed E-state index contributed by atoms with van der Waals surface area (Å²) in [7, 11) is -3.50. The Balaban J connectivity index is 2.03. The molecular formula is C19H23ClN2O3S2. The fourth-order valence-corrected chi connectivity index (χ4v) is 4.89. The Kier molecular flexibility index (Phi) is 7.73. The Morgan fingerprint density at radius 1 is 1.07 bits per heavy atom. The molecule has 0 heterocycles. The highest BCUT2D eigenvalue weighted by Crippen LogP contribution is 2.26. The van der Waals surface area contributed by atoms with Gasteiger partial charge < -0.3 is 5.32 Å². The molecule has 0 saturated carbocycles. The number of benzene rings is 2. The zero-order chi connectivity index (χ0) is 20.0. The summed E-state index contributed by atoms with van der Waals surface area (Å²) in [6, 6.07) is 13.5. The molecule has 8 heteroatoms. The molecule has 0 unspecified atom stereocenters. The van der Waals surface area contributed by atoms with Gasteiger partial charge >= 0.3 is 0 Å². The number of carbonyl (C=O) groups is 1. The number of hydrogen-bond acceptors (Lipinski definition) is 4. The fraction of sp³-hybridized carbons (Fsp3) is 0.316. The molecule has 5 nitrogen and oxygen atoms in total. The first-order valence-corrected chi connectivity index (χ1v) is 11.3. The Bertz CT molecular complexity index is 865. The third-order valence-corrected chi connectivity index (χ3v) is 7.39. The zero-order valence-electron chi connectivity index (χ0n) is 15.5. The molecule has 1 N–H and O–H groups in total. The van der Waals surface area contributed by atoms with Crippen LogP contribution >= 0.6 is 23.4 Å². The van der Waals surface area contributed by atoms with Gasteiger partial charge in [-0.25, -0.2) is 8.42 Å². The van der Waals surface area contributed by atoms with Crippen molar-refractivity contribution in [3.8, 4) is 0 Å². The van der Waals surface area contributed by atoms with E-state index in [0.29, 0.717) is 23.8 Å². The fourth-order valence-electron chi connectivity index (χ4n) is 2.44. The van der Waals surface area contributed by atoms with E-state index in [9.17, 15) is 13.2 Å². The van der Waals surface area contributed by atoms with Gasteiger partial charge in [-0.2, -0.15) is 4.31 Å². The first-order chi connectivity index (χ1) is 12.8. The third-order valence-electron chi connectivity index (χ3n) is 3.96. The molecule has 0 aromatic heterocycles. The van der Waals surface area contributed by atoms with Crippen LogP contribution in [0, 0.1) is 0 Å². The number of halogens is 1. The smallest absolute Gasteiger partial charge is 0.243 e. The molecule has 0 aliphatic carbocycles. The summed E-state index contributed by atoms with van der Waals surface area (Å²) in [6.07, 6.45) is 0. The number of anilines is 1. The van der Waals surface area contributed by atoms with Crippen molar-refractivity contribution in [3.05, 3.63) is 53.6 Å². The Morgan fingerprint density at radius 3 is 2.15 bits per heavy atom. The van der Waals surface area contributed by atoms with Crippen LogP contribution in [0.15, 0.2) is 58.3 Å². The predicted molar refractivity (Wildman–Crippen MR) is 112 cm³/mol. The topological polar surface area (TPSA) is 66.5 Å². The lowest BCUT2D eigenvalue weighted by atomic mass is 10.3. The molecule has 0 bridgehead atoms. The maximum Gasteiger partial charge on any atom is 0.243 e. The molecule has 0 fully saturated rings. The van der Waals surface area contributed by atoms with Crippen molar-refractivity contribution >= 4 is 45.0 Å². The number of sulfonamides is 1. The lowest BCUT2D eigenvalue weighted by Crippen LogP contribution is -2.30. The summed E-state index contributed by atoms with van der Waals surface area (Å²) >= 11 is 7.29. The summed E-state index contributed by atoms with van der Waals surface area (Å²) in [5, 5.41) is 3.15. The van der Waals surface area contributed by atoms with Crippen LogP contribution in [0.25, 0.3) is 0 Å². The quantitative estimate of drug-likeness (QED) is 0.631. The summed E-state index contributed by atoms with van der Waals surface area (Å²) in [6.45, 7) is 6.24. The Morgan fingerprint density at radius 2 is 1.63 bits per heavy atom. The first kappa shape index (κ1) is 21.8. The van der Waals surface area contributed by atoms with Crippen molar-refractivity contribution in [1.82, 2.24) is 4.31 Å². The molecule has 0 saturated heterocycles. The van der Waals surface area contributed by atoms with E-state index in [0.717, 1.165) is 4.90 Å². The molecular weight excluding hydrogens is 404 g/mol. The van der Waals surface area contributed by atoms with Crippen LogP contribution in [0.1, 0.15) is 20.8 Å². The minimum atomic E-state index is -3.50. The zero-order valence-corrected chi connectivity index (χ0v) is 17.9. The second-order valence-electron chi connectivity index (χ2n) is 5.82. The van der Waals surface area contributed by atoms with Gasteiger partial charge in [-0.05, 0) is 55.5 Å². The van der Waals surface area contributed by atoms with Gasteiger partial charge in [0, 0.05) is 28.7 Å². The molecule has 2 aromatic carbocycles. The molecule has 0 aliphatic heterocycles. The second kappa shape index (κ2) is 9.59. The van der Waals surface area contributed by atoms with Crippen molar-refractivity contribution in [1.29, 1.82) is 0 Å². The molecule has 2 rings (SSSR count). The van der Waals surface area contributed by atoms with E-state index in [1.54, 1.807) is 38.1 Å². The van der Waals surface area contributed by atoms with Gasteiger partial charge in [0.25, 0.3) is 0 Å². The molecule has 0 radical (unpaired) electrons. The minimum absolute atomic E-state index is 0.158. The molecule has 0 spiro atoms. The highest BCUT2D eigenvalue weighted by molar-refractivity contribution is 8.00. The number of hydrogen-bond donors (Lipinski definition) is 1. The van der Waals surface area contributed by atoms with Crippen molar-refractivity contribution in [3.63, 3.8) is 0 Å². The number of nitrogens with zero attached hydrogens (tertiary/aromatic N) is 1. The monoisotopic (exact) mass is 426 g/mol. The average Bonchev–Trinajstić information content (AvgIpc) is 2.64. The van der Waals surface area contributed by atoms with Crippen LogP contribution in [0.5, 0.6) is 0 Å². The Hall–Kier alpha value is -1.54. The first-order valence-electron chi connectivity index (χ1n) is 8.61. The van der Waals surface area contributed by atoms with Crippen LogP contribution in [-0.2, 0) is 14.8 Å². The lowest BCUT2D eigenvalue weighted by Gasteiger charge is -2.18. The number of thioether (sulfide) groups is 1. The number of carbonyl (C=O) groups excluding carboxylic acids is 1.